The number of carbonyl (C=O) groups excluding carboxylic acids is 5. The highest BCUT2D eigenvalue weighted by atomic mass is 32.2. The van der Waals surface area contributed by atoms with Gasteiger partial charge in [0.15, 0.2) is 23.0 Å². The van der Waals surface area contributed by atoms with Crippen molar-refractivity contribution < 1.29 is 85.5 Å². The van der Waals surface area contributed by atoms with Crippen molar-refractivity contribution in [2.24, 2.45) is 5.73 Å². The van der Waals surface area contributed by atoms with E-state index in [9.17, 15) is 50.0 Å². The van der Waals surface area contributed by atoms with Crippen molar-refractivity contribution in [3.05, 3.63) is 297 Å². The van der Waals surface area contributed by atoms with Crippen molar-refractivity contribution >= 4 is 56.8 Å². The third kappa shape index (κ3) is 19.8. The smallest absolute Gasteiger partial charge is 0.497 e. The Hall–Kier alpha value is -13.7. The van der Waals surface area contributed by atoms with Gasteiger partial charge < -0.3 is 49.7 Å². The molecule has 0 bridgehead atoms. The van der Waals surface area contributed by atoms with Gasteiger partial charge in [-0.2, -0.15) is 0 Å². The maximum absolute atomic E-state index is 13.4. The van der Waals surface area contributed by atoms with Crippen molar-refractivity contribution in [1.82, 2.24) is 29.6 Å². The average Bonchev–Trinajstić information content (AvgIpc) is 1.59. The molecule has 0 radical (unpaired) electrons. The van der Waals surface area contributed by atoms with Crippen molar-refractivity contribution in [3.63, 3.8) is 0 Å². The van der Waals surface area contributed by atoms with Gasteiger partial charge in [-0.25, -0.2) is 28.1 Å². The highest BCUT2D eigenvalue weighted by Gasteiger charge is 2.55. The molecule has 6 aliphatic rings. The highest BCUT2D eigenvalue weighted by molar-refractivity contribution is 7.88. The second-order valence-electron chi connectivity index (χ2n) is 33.1. The number of nitrogens with one attached hydrogen (secondary N) is 3. The monoisotopic (exact) mass is 1750 g/mol. The summed E-state index contributed by atoms with van der Waals surface area (Å²) in [5, 5.41) is 6.02. The van der Waals surface area contributed by atoms with Crippen LogP contribution in [-0.2, 0) is 70.2 Å². The molecule has 18 rings (SSSR count). The number of nitrogens with zero attached hydrogens (tertiary/aromatic N) is 6. The van der Waals surface area contributed by atoms with E-state index in [2.05, 4.69) is 63.3 Å². The maximum atomic E-state index is 13.4. The maximum Gasteiger partial charge on any atom is 0.586 e. The first-order valence-corrected chi connectivity index (χ1v) is 43.3. The summed E-state index contributed by atoms with van der Waals surface area (Å²) >= 11 is 0. The number of amides is 3. The summed E-state index contributed by atoms with van der Waals surface area (Å²) in [4.78, 5) is 89.6. The van der Waals surface area contributed by atoms with E-state index in [1.54, 1.807) is 56.8 Å². The molecule has 7 aromatic carbocycles. The Balaban J connectivity index is 0.000000181. The first-order chi connectivity index (χ1) is 60.5. The number of methoxy groups -OCH3 is 2. The fourth-order valence-corrected chi connectivity index (χ4v) is 16.3. The SMILES string of the molecule is COc1ccc(C2(C(=O)Nc3ccc(C)c(-c4cccc(C(N)=O)c4)n3)CC2)cc1.COc1ccc(C2(C(=O)Nc3ccc(C)c(-c4cccc(C)c4)n3)CC2)cc1.Cc1ccc(CC(=O)C2(c3ccc4c(c3)OC(F)(F)O4)CC2)nc1-c1ccc(N(C)C)nc1.Cc1ccc(CC(=O)C2(c3ccc4c(c3)OC(F)(F)O4)CC2)nc1-c1cccc(CNS(C)(=O)=O)c1.[HH].[HH].[HH].[HH].[HH]. The zero-order chi connectivity index (χ0) is 90.1. The van der Waals surface area contributed by atoms with Crippen molar-refractivity contribution in [3.8, 4) is 79.5 Å². The van der Waals surface area contributed by atoms with Crippen LogP contribution in [0.5, 0.6) is 34.5 Å². The van der Waals surface area contributed by atoms with Crippen LogP contribution in [0.4, 0.5) is 35.0 Å². The number of rotatable bonds is 25. The van der Waals surface area contributed by atoms with Crippen molar-refractivity contribution in [1.29, 1.82) is 0 Å². The Labute approximate surface area is 740 Å². The molecule has 7 heterocycles. The predicted molar refractivity (Wildman–Crippen MR) is 485 cm³/mol. The van der Waals surface area contributed by atoms with Crippen LogP contribution in [0.15, 0.2) is 225 Å². The number of pyridine rings is 5. The van der Waals surface area contributed by atoms with E-state index < -0.39 is 50.2 Å². The van der Waals surface area contributed by atoms with Gasteiger partial charge in [-0.05, 0) is 245 Å². The van der Waals surface area contributed by atoms with E-state index in [1.807, 2.05) is 192 Å². The number of nitrogens with two attached hydrogens (primary N) is 1. The molecule has 4 aliphatic carbocycles. The van der Waals surface area contributed by atoms with Gasteiger partial charge in [0.2, 0.25) is 27.7 Å². The number of primary amides is 1. The molecule has 28 heteroatoms. The molecule has 0 atom stereocenters. The molecule has 4 saturated carbocycles. The quantitative estimate of drug-likeness (QED) is 0.0386. The average molecular weight is 1750 g/mol. The number of benzene rings is 7. The molecule has 0 spiro atoms. The largest absolute Gasteiger partial charge is 0.586 e. The second-order valence-corrected chi connectivity index (χ2v) is 35.0. The van der Waals surface area contributed by atoms with E-state index in [-0.39, 0.29) is 72.9 Å². The lowest BCUT2D eigenvalue weighted by atomic mass is 9.88. The van der Waals surface area contributed by atoms with Gasteiger partial charge in [-0.3, -0.25) is 33.9 Å². The van der Waals surface area contributed by atoms with Crippen LogP contribution in [-0.4, -0.2) is 110 Å². The molecule has 12 aromatic rings. The lowest BCUT2D eigenvalue weighted by Gasteiger charge is -2.17. The summed E-state index contributed by atoms with van der Waals surface area (Å²) in [7, 11) is 3.79. The molecular formula is C99H104F4N10O13S. The summed E-state index contributed by atoms with van der Waals surface area (Å²) < 4.78 is 107. The summed E-state index contributed by atoms with van der Waals surface area (Å²) in [6.45, 7) is 10.1. The molecule has 5 aromatic heterocycles. The summed E-state index contributed by atoms with van der Waals surface area (Å²) in [5.41, 5.74) is 20.5. The molecule has 3 amide bonds. The van der Waals surface area contributed by atoms with Gasteiger partial charge in [0, 0.05) is 86.0 Å². The third-order valence-electron chi connectivity index (χ3n) is 23.7. The molecule has 0 unspecified atom stereocenters. The van der Waals surface area contributed by atoms with Gasteiger partial charge in [0.05, 0.1) is 64.9 Å². The number of hydrogen-bond acceptors (Lipinski definition) is 19. The molecule has 5 N–H and O–H groups in total. The number of hydrogen-bond donors (Lipinski definition) is 4. The standard InChI is InChI=1S/C26H24F2N2O5S.C25H23F2N3O3.C24H23N3O3.C24H24N2O2.5H2/c1-16-6-8-20(30-24(16)18-5-3-4-17(12-18)15-29-36(2,32)33)14-23(31)25(10-11-25)19-7-9-21-22(13-19)35-26(27,28)34-21;1-15-4-7-18(29-23(15)16-5-9-22(28-14-16)30(2)3)13-21(31)24(10-11-24)17-6-8-19-20(12-17)33-25(26,27)32-19;1-15-6-11-20(26-21(15)16-4-3-5-17(14-16)22(25)28)27-23(29)24(12-13-24)18-7-9-19(30-2)10-8-18;1-16-5-4-6-18(15-16)22-17(2)7-12-21(25-22)26-23(27)24(13-14-24)19-8-10-20(28-3)11-9-19;;;;;/h3-9,12-13,29H,10-11,14-15H2,1-2H3;4-9,12,14H,10-11,13H2,1-3H3;3-11,14H,12-13H2,1-2H3,(H2,25,28)(H,26,27,29);4-12,15H,13-14H2,1-3H3,(H,25,26,27);5*1H. The van der Waals surface area contributed by atoms with Gasteiger partial charge in [-0.1, -0.05) is 115 Å². The third-order valence-corrected chi connectivity index (χ3v) is 24.4. The Morgan fingerprint density at radius 2 is 0.850 bits per heavy atom. The Kier molecular flexibility index (Phi) is 24.5. The van der Waals surface area contributed by atoms with Crippen molar-refractivity contribution in [2.75, 3.05) is 50.1 Å². The number of sulfonamides is 1. The van der Waals surface area contributed by atoms with Crippen LogP contribution in [0, 0.1) is 34.6 Å². The molecule has 662 valence electrons. The number of fused-ring (bicyclic) bond motifs is 2. The zero-order valence-electron chi connectivity index (χ0n) is 71.6. The van der Waals surface area contributed by atoms with E-state index >= 15 is 0 Å². The lowest BCUT2D eigenvalue weighted by molar-refractivity contribution is -0.287. The number of carbonyl (C=O) groups is 5. The van der Waals surface area contributed by atoms with Gasteiger partial charge in [0.1, 0.15) is 40.5 Å². The van der Waals surface area contributed by atoms with Crippen LogP contribution in [0.25, 0.3) is 45.0 Å². The number of Topliss-reactive ketones (excluding diaryl/α,β-unsaturated/α-hetero) is 2. The number of aryl methyl sites for hydroxylation is 5. The molecule has 0 saturated heterocycles. The minimum atomic E-state index is -3.71. The Morgan fingerprint density at radius 1 is 0.449 bits per heavy atom. The lowest BCUT2D eigenvalue weighted by Crippen LogP contribution is -2.28. The number of ketones is 2. The minimum Gasteiger partial charge on any atom is -0.497 e. The number of ether oxygens (including phenoxy) is 6. The van der Waals surface area contributed by atoms with Gasteiger partial charge in [0.25, 0.3) is 0 Å². The fraction of sp³-hybridized carbons (Fsp3) is 0.273. The normalized spacial score (nSPS) is 15.8. The molecule has 23 nitrogen and oxygen atoms in total. The van der Waals surface area contributed by atoms with E-state index in [1.165, 1.54) is 29.8 Å². The van der Waals surface area contributed by atoms with Crippen LogP contribution in [0.1, 0.15) is 136 Å². The molecular weight excluding hydrogens is 1650 g/mol. The summed E-state index contributed by atoms with van der Waals surface area (Å²) in [5.74, 6) is 2.70. The van der Waals surface area contributed by atoms with Gasteiger partial charge in [-0.15, -0.1) is 17.6 Å². The number of anilines is 3. The van der Waals surface area contributed by atoms with Crippen LogP contribution >= 0.6 is 0 Å². The second kappa shape index (κ2) is 35.4. The number of alkyl halides is 4. The molecule has 4 fully saturated rings. The van der Waals surface area contributed by atoms with E-state index in [0.717, 1.165) is 122 Å². The van der Waals surface area contributed by atoms with Crippen LogP contribution in [0.3, 0.4) is 0 Å². The van der Waals surface area contributed by atoms with Crippen LogP contribution in [0.2, 0.25) is 0 Å². The van der Waals surface area contributed by atoms with E-state index in [4.69, 9.17) is 30.2 Å². The van der Waals surface area contributed by atoms with Crippen molar-refractivity contribution in [2.45, 2.75) is 140 Å². The first kappa shape index (κ1) is 88.1. The van der Waals surface area contributed by atoms with Crippen LogP contribution < -0.4 is 54.4 Å². The minimum absolute atomic E-state index is 0. The number of halogens is 4. The summed E-state index contributed by atoms with van der Waals surface area (Å²) in [6.07, 6.45) is 1.60. The molecule has 127 heavy (non-hydrogen) atoms. The highest BCUT2D eigenvalue weighted by Crippen LogP contribution is 2.56. The Bertz CT molecular complexity index is 6410. The summed E-state index contributed by atoms with van der Waals surface area (Å²) in [6, 6.07) is 66.1. The fourth-order valence-electron chi connectivity index (χ4n) is 15.9. The zero-order valence-corrected chi connectivity index (χ0v) is 72.4. The van der Waals surface area contributed by atoms with E-state index in [0.29, 0.717) is 76.8 Å². The first-order valence-electron chi connectivity index (χ1n) is 41.4. The number of aromatic nitrogens is 5. The van der Waals surface area contributed by atoms with Gasteiger partial charge >= 0.3 is 12.6 Å². The predicted octanol–water partition coefficient (Wildman–Crippen LogP) is 19.1. The topological polar surface area (TPSA) is 305 Å². The Morgan fingerprint density at radius 3 is 1.26 bits per heavy atom. The molecule has 2 aliphatic heterocycles.